The summed E-state index contributed by atoms with van der Waals surface area (Å²) in [6.45, 7) is 4.00. The van der Waals surface area contributed by atoms with E-state index >= 15 is 0 Å². The molecule has 6 nitrogen and oxygen atoms in total. The lowest BCUT2D eigenvalue weighted by atomic mass is 10.00. The number of hydrogen-bond acceptors (Lipinski definition) is 4. The van der Waals surface area contributed by atoms with Crippen molar-refractivity contribution >= 4 is 23.2 Å². The monoisotopic (exact) mass is 378 g/mol. The highest BCUT2D eigenvalue weighted by molar-refractivity contribution is 6.03. The maximum atomic E-state index is 12.5. The van der Waals surface area contributed by atoms with E-state index in [0.717, 1.165) is 38.2 Å². The summed E-state index contributed by atoms with van der Waals surface area (Å²) in [5, 5.41) is 5.83. The predicted molar refractivity (Wildman–Crippen MR) is 111 cm³/mol. The number of rotatable bonds is 5. The summed E-state index contributed by atoms with van der Waals surface area (Å²) in [5.41, 5.74) is 5.07. The Hall–Kier alpha value is -2.86. The molecule has 0 atom stereocenters. The Morgan fingerprint density at radius 1 is 1.14 bits per heavy atom. The normalized spacial score (nSPS) is 16.2. The molecule has 0 unspecified atom stereocenters. The number of anilines is 2. The molecule has 2 N–H and O–H groups in total. The molecule has 6 heteroatoms. The maximum absolute atomic E-state index is 12.5. The van der Waals surface area contributed by atoms with E-state index in [1.807, 2.05) is 24.1 Å². The van der Waals surface area contributed by atoms with Gasteiger partial charge in [-0.2, -0.15) is 0 Å². The number of amides is 2. The molecule has 0 aliphatic carbocycles. The fourth-order valence-corrected chi connectivity index (χ4v) is 3.95. The third-order valence-corrected chi connectivity index (χ3v) is 5.47. The number of nitrogens with one attached hydrogen (secondary N) is 2. The second-order valence-electron chi connectivity index (χ2n) is 7.54. The second-order valence-corrected chi connectivity index (χ2v) is 7.54. The molecular formula is C22H26N4O2. The summed E-state index contributed by atoms with van der Waals surface area (Å²) in [5.74, 6) is -0.162. The van der Waals surface area contributed by atoms with Crippen LogP contribution in [0.2, 0.25) is 0 Å². The van der Waals surface area contributed by atoms with Gasteiger partial charge in [-0.15, -0.1) is 0 Å². The van der Waals surface area contributed by atoms with E-state index in [9.17, 15) is 9.59 Å². The minimum absolute atomic E-state index is 0.0596. The summed E-state index contributed by atoms with van der Waals surface area (Å²) in [6.07, 6.45) is 2.01. The molecule has 0 saturated heterocycles. The van der Waals surface area contributed by atoms with E-state index in [2.05, 4.69) is 39.8 Å². The van der Waals surface area contributed by atoms with Crippen molar-refractivity contribution in [1.82, 2.24) is 10.2 Å². The van der Waals surface area contributed by atoms with Crippen LogP contribution in [0.25, 0.3) is 0 Å². The van der Waals surface area contributed by atoms with Gasteiger partial charge < -0.3 is 15.5 Å². The molecule has 0 aromatic heterocycles. The van der Waals surface area contributed by atoms with Gasteiger partial charge in [-0.25, -0.2) is 0 Å². The molecule has 2 amide bonds. The highest BCUT2D eigenvalue weighted by Crippen LogP contribution is 2.29. The molecule has 0 radical (unpaired) electrons. The molecule has 0 fully saturated rings. The summed E-state index contributed by atoms with van der Waals surface area (Å²) < 4.78 is 0. The van der Waals surface area contributed by atoms with Crippen molar-refractivity contribution in [3.8, 4) is 0 Å². The van der Waals surface area contributed by atoms with Gasteiger partial charge in [-0.3, -0.25) is 14.5 Å². The number of benzene rings is 2. The molecule has 0 saturated carbocycles. The quantitative estimate of drug-likeness (QED) is 0.784. The molecule has 2 heterocycles. The van der Waals surface area contributed by atoms with Crippen molar-refractivity contribution in [2.24, 2.45) is 0 Å². The molecule has 146 valence electrons. The van der Waals surface area contributed by atoms with Crippen molar-refractivity contribution in [3.63, 3.8) is 0 Å². The number of hydrogen-bond donors (Lipinski definition) is 2. The smallest absolute Gasteiger partial charge is 0.251 e. The topological polar surface area (TPSA) is 64.7 Å². The fraction of sp³-hybridized carbons (Fsp3) is 0.364. The number of carbonyl (C=O) groups excluding carboxylic acids is 2. The summed E-state index contributed by atoms with van der Waals surface area (Å²) in [6, 6.07) is 14.1. The van der Waals surface area contributed by atoms with Crippen LogP contribution >= 0.6 is 0 Å². The first-order valence-corrected chi connectivity index (χ1v) is 9.82. The lowest BCUT2D eigenvalue weighted by molar-refractivity contribution is -0.115. The van der Waals surface area contributed by atoms with Crippen LogP contribution in [0.5, 0.6) is 0 Å². The highest BCUT2D eigenvalue weighted by atomic mass is 16.2. The van der Waals surface area contributed by atoms with Gasteiger partial charge in [0.1, 0.15) is 0 Å². The van der Waals surface area contributed by atoms with Gasteiger partial charge in [0.05, 0.1) is 17.9 Å². The number of fused-ring (bicyclic) bond motifs is 2. The van der Waals surface area contributed by atoms with Gasteiger partial charge in [0.25, 0.3) is 5.91 Å². The van der Waals surface area contributed by atoms with Crippen LogP contribution in [0.4, 0.5) is 11.4 Å². The van der Waals surface area contributed by atoms with Gasteiger partial charge in [0, 0.05) is 38.8 Å². The van der Waals surface area contributed by atoms with E-state index in [0.29, 0.717) is 24.3 Å². The van der Waals surface area contributed by atoms with Gasteiger partial charge in [-0.1, -0.05) is 24.3 Å². The Labute approximate surface area is 165 Å². The van der Waals surface area contributed by atoms with Crippen molar-refractivity contribution in [3.05, 3.63) is 59.2 Å². The zero-order valence-corrected chi connectivity index (χ0v) is 16.2. The van der Waals surface area contributed by atoms with Crippen LogP contribution in [0.1, 0.15) is 27.9 Å². The average Bonchev–Trinajstić information content (AvgIpc) is 2.70. The molecule has 4 rings (SSSR count). The molecule has 0 bridgehead atoms. The molecular weight excluding hydrogens is 352 g/mol. The van der Waals surface area contributed by atoms with Crippen molar-refractivity contribution < 1.29 is 9.59 Å². The van der Waals surface area contributed by atoms with Crippen molar-refractivity contribution in [1.29, 1.82) is 0 Å². The number of carbonyl (C=O) groups is 2. The van der Waals surface area contributed by atoms with E-state index in [-0.39, 0.29) is 11.8 Å². The van der Waals surface area contributed by atoms with E-state index in [1.165, 1.54) is 11.1 Å². The Kier molecular flexibility index (Phi) is 5.30. The first kappa shape index (κ1) is 18.5. The van der Waals surface area contributed by atoms with Crippen LogP contribution in [0, 0.1) is 0 Å². The fourth-order valence-electron chi connectivity index (χ4n) is 3.95. The zero-order chi connectivity index (χ0) is 19.5. The molecule has 2 aromatic carbocycles. The Morgan fingerprint density at radius 3 is 2.82 bits per heavy atom. The van der Waals surface area contributed by atoms with E-state index < -0.39 is 0 Å². The van der Waals surface area contributed by atoms with Gasteiger partial charge in [0.15, 0.2) is 0 Å². The third-order valence-electron chi connectivity index (χ3n) is 5.47. The lowest BCUT2D eigenvalue weighted by Gasteiger charge is -2.28. The molecule has 2 aliphatic rings. The molecule has 28 heavy (non-hydrogen) atoms. The Bertz CT molecular complexity index is 896. The first-order chi connectivity index (χ1) is 13.6. The standard InChI is InChI=1S/C22H26N4O2/c1-25-15-21(27)24-19-13-17(7-8-20(19)25)22(28)23-10-4-11-26-12-9-16-5-2-3-6-18(16)14-26/h2-3,5-8,13H,4,9-12,14-15H2,1H3,(H,23,28)(H,24,27). The number of likely N-dealkylation sites (N-methyl/N-ethyl adjacent to an activating group) is 1. The zero-order valence-electron chi connectivity index (χ0n) is 16.2. The summed E-state index contributed by atoms with van der Waals surface area (Å²) in [7, 11) is 1.87. The minimum Gasteiger partial charge on any atom is -0.364 e. The first-order valence-electron chi connectivity index (χ1n) is 9.82. The Morgan fingerprint density at radius 2 is 1.96 bits per heavy atom. The second kappa shape index (κ2) is 8.02. The van der Waals surface area contributed by atoms with Crippen LogP contribution in [-0.2, 0) is 17.8 Å². The molecule has 2 aromatic rings. The van der Waals surface area contributed by atoms with E-state index in [4.69, 9.17) is 0 Å². The summed E-state index contributed by atoms with van der Waals surface area (Å²) in [4.78, 5) is 28.5. The van der Waals surface area contributed by atoms with E-state index in [1.54, 1.807) is 6.07 Å². The van der Waals surface area contributed by atoms with Gasteiger partial charge in [0.2, 0.25) is 5.91 Å². The molecule has 2 aliphatic heterocycles. The highest BCUT2D eigenvalue weighted by Gasteiger charge is 2.20. The number of nitrogens with zero attached hydrogens (tertiary/aromatic N) is 2. The SMILES string of the molecule is CN1CC(=O)Nc2cc(C(=O)NCCCN3CCc4ccccc4C3)ccc21. The largest absolute Gasteiger partial charge is 0.364 e. The summed E-state index contributed by atoms with van der Waals surface area (Å²) >= 11 is 0. The molecule has 0 spiro atoms. The predicted octanol–water partition coefficient (Wildman–Crippen LogP) is 2.25. The van der Waals surface area contributed by atoms with Crippen LogP contribution < -0.4 is 15.5 Å². The third kappa shape index (κ3) is 4.02. The Balaban J connectivity index is 1.26. The van der Waals surface area contributed by atoms with Crippen molar-refractivity contribution in [2.75, 3.05) is 43.4 Å². The lowest BCUT2D eigenvalue weighted by Crippen LogP contribution is -2.36. The van der Waals surface area contributed by atoms with Crippen molar-refractivity contribution in [2.45, 2.75) is 19.4 Å². The maximum Gasteiger partial charge on any atom is 0.251 e. The minimum atomic E-state index is -0.103. The van der Waals surface area contributed by atoms with Crippen LogP contribution in [0.15, 0.2) is 42.5 Å². The van der Waals surface area contributed by atoms with Crippen LogP contribution in [0.3, 0.4) is 0 Å². The van der Waals surface area contributed by atoms with Crippen LogP contribution in [-0.4, -0.2) is 49.9 Å². The van der Waals surface area contributed by atoms with Gasteiger partial charge in [-0.05, 0) is 42.2 Å². The average molecular weight is 378 g/mol. The van der Waals surface area contributed by atoms with Gasteiger partial charge >= 0.3 is 0 Å².